The normalized spacial score (nSPS) is 12.4. The second-order valence-electron chi connectivity index (χ2n) is 7.12. The summed E-state index contributed by atoms with van der Waals surface area (Å²) in [6, 6.07) is 14.6. The van der Waals surface area contributed by atoms with E-state index in [2.05, 4.69) is 15.4 Å². The van der Waals surface area contributed by atoms with Gasteiger partial charge in [0, 0.05) is 10.9 Å². The Labute approximate surface area is 167 Å². The highest BCUT2D eigenvalue weighted by molar-refractivity contribution is 5.93. The Hall–Kier alpha value is -3.68. The molecule has 148 valence electrons. The van der Waals surface area contributed by atoms with Crippen LogP contribution in [0.15, 0.2) is 48.5 Å². The van der Waals surface area contributed by atoms with Crippen molar-refractivity contribution < 1.29 is 9.53 Å². The highest BCUT2D eigenvalue weighted by atomic mass is 16.5. The van der Waals surface area contributed by atoms with Crippen molar-refractivity contribution in [3.05, 3.63) is 48.5 Å². The lowest BCUT2D eigenvalue weighted by Gasteiger charge is -2.19. The minimum atomic E-state index is -0.587. The smallest absolute Gasteiger partial charge is 0.240 e. The van der Waals surface area contributed by atoms with Crippen LogP contribution in [0.2, 0.25) is 0 Å². The molecule has 0 aliphatic rings. The number of rotatable bonds is 6. The summed E-state index contributed by atoms with van der Waals surface area (Å²) in [6.07, 6.45) is 0. The molecule has 29 heavy (non-hydrogen) atoms. The van der Waals surface area contributed by atoms with Gasteiger partial charge in [0.1, 0.15) is 11.8 Å². The Morgan fingerprint density at radius 1 is 1.14 bits per heavy atom. The minimum absolute atomic E-state index is 0.0165. The van der Waals surface area contributed by atoms with Crippen LogP contribution in [0, 0.1) is 5.92 Å². The molecule has 2 heterocycles. The number of para-hydroxylation sites is 1. The molecule has 8 heteroatoms. The zero-order chi connectivity index (χ0) is 20.5. The van der Waals surface area contributed by atoms with E-state index in [-0.39, 0.29) is 5.92 Å². The highest BCUT2D eigenvalue weighted by Gasteiger charge is 2.23. The van der Waals surface area contributed by atoms with Crippen LogP contribution in [0.4, 0.5) is 5.95 Å². The molecule has 0 aliphatic carbocycles. The van der Waals surface area contributed by atoms with Crippen molar-refractivity contribution in [1.82, 2.24) is 19.6 Å². The van der Waals surface area contributed by atoms with E-state index in [0.717, 1.165) is 22.2 Å². The lowest BCUT2D eigenvalue weighted by Crippen LogP contribution is -2.40. The number of nitrogens with one attached hydrogen (secondary N) is 1. The number of fused-ring (bicyclic) bond motifs is 3. The first kappa shape index (κ1) is 18.7. The Morgan fingerprint density at radius 2 is 1.93 bits per heavy atom. The monoisotopic (exact) mass is 390 g/mol. The van der Waals surface area contributed by atoms with Crippen molar-refractivity contribution in [2.75, 3.05) is 12.4 Å². The fourth-order valence-corrected chi connectivity index (χ4v) is 3.24. The molecule has 1 amide bonds. The first-order valence-electron chi connectivity index (χ1n) is 9.33. The number of aromatic nitrogens is 4. The van der Waals surface area contributed by atoms with E-state index < -0.39 is 11.9 Å². The van der Waals surface area contributed by atoms with Crippen LogP contribution < -0.4 is 15.8 Å². The molecule has 0 fully saturated rings. The maximum Gasteiger partial charge on any atom is 0.240 e. The van der Waals surface area contributed by atoms with Crippen LogP contribution in [0.25, 0.3) is 27.9 Å². The molecular formula is C21H22N6O2. The third-order valence-corrected chi connectivity index (χ3v) is 4.76. The van der Waals surface area contributed by atoms with Crippen molar-refractivity contribution in [3.63, 3.8) is 0 Å². The molecular weight excluding hydrogens is 368 g/mol. The Balaban J connectivity index is 1.92. The molecule has 0 saturated heterocycles. The Bertz CT molecular complexity index is 1200. The van der Waals surface area contributed by atoms with Crippen LogP contribution in [-0.2, 0) is 4.79 Å². The van der Waals surface area contributed by atoms with Crippen molar-refractivity contribution in [3.8, 4) is 17.1 Å². The maximum absolute atomic E-state index is 11.9. The van der Waals surface area contributed by atoms with Gasteiger partial charge in [-0.25, -0.2) is 9.97 Å². The molecule has 1 atom stereocenters. The number of hydrogen-bond acceptors (Lipinski definition) is 6. The Morgan fingerprint density at radius 3 is 2.66 bits per heavy atom. The second kappa shape index (κ2) is 7.38. The van der Waals surface area contributed by atoms with Gasteiger partial charge in [0.15, 0.2) is 11.5 Å². The number of carbonyl (C=O) groups is 1. The van der Waals surface area contributed by atoms with Gasteiger partial charge in [-0.15, -0.1) is 5.10 Å². The highest BCUT2D eigenvalue weighted by Crippen LogP contribution is 2.26. The van der Waals surface area contributed by atoms with Crippen molar-refractivity contribution >= 4 is 28.4 Å². The van der Waals surface area contributed by atoms with Crippen LogP contribution in [0.5, 0.6) is 5.75 Å². The molecule has 4 aromatic rings. The zero-order valence-corrected chi connectivity index (χ0v) is 16.5. The average Bonchev–Trinajstić information content (AvgIpc) is 3.17. The number of hydrogen-bond donors (Lipinski definition) is 2. The molecule has 3 N–H and O–H groups in total. The van der Waals surface area contributed by atoms with Crippen LogP contribution in [0.1, 0.15) is 13.8 Å². The van der Waals surface area contributed by atoms with Gasteiger partial charge in [-0.1, -0.05) is 38.1 Å². The largest absolute Gasteiger partial charge is 0.497 e. The molecule has 8 nitrogen and oxygen atoms in total. The van der Waals surface area contributed by atoms with Gasteiger partial charge < -0.3 is 15.8 Å². The number of anilines is 1. The predicted molar refractivity (Wildman–Crippen MR) is 112 cm³/mol. The number of carbonyl (C=O) groups excluding carboxylic acids is 1. The van der Waals surface area contributed by atoms with Crippen LogP contribution >= 0.6 is 0 Å². The van der Waals surface area contributed by atoms with E-state index in [1.807, 2.05) is 62.4 Å². The number of nitrogens with two attached hydrogens (primary N) is 1. The van der Waals surface area contributed by atoms with Crippen LogP contribution in [0.3, 0.4) is 0 Å². The van der Waals surface area contributed by atoms with Gasteiger partial charge in [0.2, 0.25) is 11.9 Å². The van der Waals surface area contributed by atoms with E-state index in [4.69, 9.17) is 15.5 Å². The summed E-state index contributed by atoms with van der Waals surface area (Å²) in [5.74, 6) is 1.20. The molecule has 2 aromatic carbocycles. The first-order valence-corrected chi connectivity index (χ1v) is 9.33. The van der Waals surface area contributed by atoms with E-state index in [1.165, 1.54) is 0 Å². The summed E-state index contributed by atoms with van der Waals surface area (Å²) in [5.41, 5.74) is 7.79. The molecule has 0 radical (unpaired) electrons. The van der Waals surface area contributed by atoms with E-state index >= 15 is 0 Å². The van der Waals surface area contributed by atoms with E-state index in [0.29, 0.717) is 17.4 Å². The number of amides is 1. The lowest BCUT2D eigenvalue weighted by molar-refractivity contribution is -0.119. The van der Waals surface area contributed by atoms with Gasteiger partial charge in [0.25, 0.3) is 0 Å². The van der Waals surface area contributed by atoms with Gasteiger partial charge in [-0.2, -0.15) is 4.52 Å². The van der Waals surface area contributed by atoms with Crippen molar-refractivity contribution in [2.45, 2.75) is 19.9 Å². The summed E-state index contributed by atoms with van der Waals surface area (Å²) in [6.45, 7) is 3.84. The number of primary amides is 1. The number of nitrogens with zero attached hydrogens (tertiary/aromatic N) is 4. The number of methoxy groups -OCH3 is 1. The number of ether oxygens (including phenoxy) is 1. The zero-order valence-electron chi connectivity index (χ0n) is 16.5. The fraction of sp³-hybridized carbons (Fsp3) is 0.238. The molecule has 4 rings (SSSR count). The van der Waals surface area contributed by atoms with Crippen molar-refractivity contribution in [1.29, 1.82) is 0 Å². The summed E-state index contributed by atoms with van der Waals surface area (Å²) in [5, 5.41) is 8.66. The third kappa shape index (κ3) is 3.44. The summed E-state index contributed by atoms with van der Waals surface area (Å²) in [4.78, 5) is 21.3. The number of benzene rings is 2. The van der Waals surface area contributed by atoms with Gasteiger partial charge in [-0.3, -0.25) is 4.79 Å². The summed E-state index contributed by atoms with van der Waals surface area (Å²) in [7, 11) is 1.62. The molecule has 0 saturated carbocycles. The molecule has 0 aliphatic heterocycles. The molecule has 0 spiro atoms. The molecule has 0 bridgehead atoms. The lowest BCUT2D eigenvalue weighted by atomic mass is 10.0. The topological polar surface area (TPSA) is 107 Å². The molecule has 2 aromatic heterocycles. The van der Waals surface area contributed by atoms with Crippen LogP contribution in [-0.4, -0.2) is 38.6 Å². The minimum Gasteiger partial charge on any atom is -0.497 e. The average molecular weight is 390 g/mol. The van der Waals surface area contributed by atoms with Crippen molar-refractivity contribution in [2.24, 2.45) is 11.7 Å². The third-order valence-electron chi connectivity index (χ3n) is 4.76. The maximum atomic E-state index is 11.9. The fourth-order valence-electron chi connectivity index (χ4n) is 3.24. The summed E-state index contributed by atoms with van der Waals surface area (Å²) < 4.78 is 6.93. The van der Waals surface area contributed by atoms with Gasteiger partial charge in [0.05, 0.1) is 12.6 Å². The Kier molecular flexibility index (Phi) is 4.75. The van der Waals surface area contributed by atoms with E-state index in [1.54, 1.807) is 11.6 Å². The molecule has 0 unspecified atom stereocenters. The first-order chi connectivity index (χ1) is 14.0. The SMILES string of the molecule is COc1cccc(-c2nc3c4ccccc4nc(N[C@H](C(N)=O)C(C)C)n3n2)c1. The van der Waals surface area contributed by atoms with Gasteiger partial charge >= 0.3 is 0 Å². The standard InChI is InChI=1S/C21H22N6O2/c1-12(2)17(18(22)28)24-21-23-16-10-5-4-9-15(16)20-25-19(26-27(20)21)13-7-6-8-14(11-13)29-3/h4-12,17H,1-3H3,(H2,22,28)(H,23,24)/t17-/m0/s1. The van der Waals surface area contributed by atoms with Gasteiger partial charge in [-0.05, 0) is 30.2 Å². The van der Waals surface area contributed by atoms with E-state index in [9.17, 15) is 4.79 Å². The second-order valence-corrected chi connectivity index (χ2v) is 7.12. The predicted octanol–water partition coefficient (Wildman–Crippen LogP) is 2.87. The quantitative estimate of drug-likeness (QED) is 0.524. The summed E-state index contributed by atoms with van der Waals surface area (Å²) >= 11 is 0.